The second-order valence-corrected chi connectivity index (χ2v) is 2.02. The maximum atomic E-state index is 11.1. The predicted molar refractivity (Wildman–Crippen MR) is 34.5 cm³/mol. The second kappa shape index (κ2) is 2.15. The van der Waals surface area contributed by atoms with Crippen LogP contribution in [0.3, 0.4) is 0 Å². The molecule has 0 saturated heterocycles. The van der Waals surface area contributed by atoms with Crippen molar-refractivity contribution in [3.8, 4) is 0 Å². The van der Waals surface area contributed by atoms with E-state index in [-0.39, 0.29) is 0 Å². The highest BCUT2D eigenvalue weighted by atomic mass is 16.5. The summed E-state index contributed by atoms with van der Waals surface area (Å²) in [5.74, 6) is 1.98. The Hall–Kier alpha value is -0.890. The molecule has 3 heteroatoms. The zero-order valence-electron chi connectivity index (χ0n) is 5.00. The van der Waals surface area contributed by atoms with E-state index >= 15 is 0 Å². The highest BCUT2D eigenvalue weighted by molar-refractivity contribution is 5.45. The number of nitrogens with zero attached hydrogens (tertiary/aromatic N) is 1. The van der Waals surface area contributed by atoms with Crippen molar-refractivity contribution in [3.05, 3.63) is 23.7 Å². The number of rotatable bonds is 1. The Labute approximate surface area is 53.6 Å². The number of hydrogen-bond acceptors (Lipinski definition) is 2. The molecule has 1 aliphatic rings. The van der Waals surface area contributed by atoms with Gasteiger partial charge >= 0.3 is 0 Å². The average Bonchev–Trinajstić information content (AvgIpc) is 2.16. The lowest BCUT2D eigenvalue weighted by Crippen LogP contribution is -2.26. The van der Waals surface area contributed by atoms with Crippen LogP contribution < -0.4 is 0 Å². The molecule has 1 unspecified atom stereocenters. The minimum Gasteiger partial charge on any atom is -0.622 e. The zero-order valence-corrected chi connectivity index (χ0v) is 5.00. The van der Waals surface area contributed by atoms with Gasteiger partial charge in [0.05, 0.1) is 12.7 Å². The molecule has 1 atom stereocenters. The molecule has 0 saturated carbocycles. The number of hydroxylamine groups is 3. The topological polar surface area (TPSA) is 46.9 Å². The molecule has 0 aliphatic carbocycles. The van der Waals surface area contributed by atoms with E-state index in [0.29, 0.717) is 6.54 Å². The van der Waals surface area contributed by atoms with Gasteiger partial charge in [0.25, 0.3) is 0 Å². The molecule has 0 aromatic rings. The first-order valence-electron chi connectivity index (χ1n) is 2.80. The molecule has 3 nitrogen and oxygen atoms in total. The maximum absolute atomic E-state index is 11.1. The van der Waals surface area contributed by atoms with E-state index in [0.717, 1.165) is 6.42 Å². The van der Waals surface area contributed by atoms with Crippen LogP contribution in [0.2, 0.25) is 0 Å². The predicted octanol–water partition coefficient (Wildman–Crippen LogP) is 0.981. The Bertz CT molecular complexity index is 181. The molecule has 0 aromatic heterocycles. The van der Waals surface area contributed by atoms with Gasteiger partial charge in [-0.3, -0.25) is 5.41 Å². The molecule has 0 spiro atoms. The summed E-state index contributed by atoms with van der Waals surface area (Å²) in [6, 6.07) is 0. The summed E-state index contributed by atoms with van der Waals surface area (Å²) in [6.07, 6.45) is 5.35. The molecule has 1 rings (SSSR count). The van der Waals surface area contributed by atoms with Gasteiger partial charge in [0.15, 0.2) is 6.20 Å². The van der Waals surface area contributed by atoms with Crippen molar-refractivity contribution in [2.24, 2.45) is 0 Å². The van der Waals surface area contributed by atoms with Gasteiger partial charge in [-0.15, -0.1) is 0 Å². The molecular weight excluding hydrogens is 116 g/mol. The van der Waals surface area contributed by atoms with E-state index < -0.39 is 4.65 Å². The summed E-state index contributed by atoms with van der Waals surface area (Å²) in [7, 11) is 0. The fraction of sp³-hybridized carbons (Fsp3) is 0.333. The Balaban J connectivity index is 2.73. The van der Waals surface area contributed by atoms with E-state index in [1.807, 2.05) is 11.9 Å². The first-order valence-corrected chi connectivity index (χ1v) is 2.80. The summed E-state index contributed by atoms with van der Waals surface area (Å²) in [5, 5.41) is 17.7. The number of hydrogen-bond donors (Lipinski definition) is 1. The van der Waals surface area contributed by atoms with Crippen LogP contribution in [-0.2, 0) is 0 Å². The Kier molecular flexibility index (Phi) is 1.49. The van der Waals surface area contributed by atoms with E-state index in [4.69, 9.17) is 5.41 Å². The highest BCUT2D eigenvalue weighted by Gasteiger charge is 2.13. The van der Waals surface area contributed by atoms with Gasteiger partial charge in [0.1, 0.15) is 0 Å². The van der Waals surface area contributed by atoms with Crippen molar-refractivity contribution < 1.29 is 4.65 Å². The van der Waals surface area contributed by atoms with Gasteiger partial charge in [0.2, 0.25) is 0 Å². The van der Waals surface area contributed by atoms with Crippen LogP contribution in [-0.4, -0.2) is 17.1 Å². The third kappa shape index (κ3) is 1.27. The fourth-order valence-electron chi connectivity index (χ4n) is 0.821. The molecule has 1 heterocycles. The monoisotopic (exact) mass is 124 g/mol. The van der Waals surface area contributed by atoms with Gasteiger partial charge in [0, 0.05) is 12.3 Å². The van der Waals surface area contributed by atoms with Crippen LogP contribution in [0, 0.1) is 10.6 Å². The molecule has 9 heavy (non-hydrogen) atoms. The fourth-order valence-corrected chi connectivity index (χ4v) is 0.821. The molecule has 0 amide bonds. The summed E-state index contributed by atoms with van der Waals surface area (Å²) >= 11 is 0. The van der Waals surface area contributed by atoms with Crippen LogP contribution >= 0.6 is 0 Å². The molecule has 48 valence electrons. The zero-order chi connectivity index (χ0) is 6.74. The van der Waals surface area contributed by atoms with Crippen LogP contribution in [0.1, 0.15) is 6.42 Å². The summed E-state index contributed by atoms with van der Waals surface area (Å²) < 4.78 is -0.510. The number of quaternary nitrogens is 1. The first-order chi connectivity index (χ1) is 4.27. The van der Waals surface area contributed by atoms with Gasteiger partial charge in [-0.25, -0.2) is 0 Å². The average molecular weight is 124 g/mol. The molecule has 0 radical (unpaired) electrons. The molecule has 1 N–H and O–H groups in total. The Morgan fingerprint density at radius 3 is 3.00 bits per heavy atom. The lowest BCUT2D eigenvalue weighted by atomic mass is 10.5. The van der Waals surface area contributed by atoms with Crippen molar-refractivity contribution in [2.75, 3.05) is 6.54 Å². The van der Waals surface area contributed by atoms with Crippen molar-refractivity contribution in [2.45, 2.75) is 6.42 Å². The van der Waals surface area contributed by atoms with Gasteiger partial charge in [-0.05, 0) is 6.08 Å². The molecule has 0 fully saturated rings. The minimum atomic E-state index is -0.510. The Morgan fingerprint density at radius 2 is 2.56 bits per heavy atom. The van der Waals surface area contributed by atoms with E-state index in [9.17, 15) is 5.21 Å². The van der Waals surface area contributed by atoms with Crippen LogP contribution in [0.5, 0.6) is 0 Å². The van der Waals surface area contributed by atoms with Gasteiger partial charge < -0.3 is 9.85 Å². The third-order valence-corrected chi connectivity index (χ3v) is 1.29. The normalized spacial score (nSPS) is 32.1. The second-order valence-electron chi connectivity index (χ2n) is 2.02. The Morgan fingerprint density at radius 1 is 1.78 bits per heavy atom. The van der Waals surface area contributed by atoms with Crippen molar-refractivity contribution in [3.63, 3.8) is 0 Å². The number of nitrogens with one attached hydrogen (secondary N) is 1. The van der Waals surface area contributed by atoms with Crippen molar-refractivity contribution in [1.82, 2.24) is 0 Å². The summed E-state index contributed by atoms with van der Waals surface area (Å²) in [6.45, 7) is 0.520. The van der Waals surface area contributed by atoms with Crippen molar-refractivity contribution in [1.29, 1.82) is 5.41 Å². The molecule has 0 aromatic carbocycles. The largest absolute Gasteiger partial charge is 0.622 e. The van der Waals surface area contributed by atoms with E-state index in [1.165, 1.54) is 12.4 Å². The quantitative estimate of drug-likeness (QED) is 0.316. The van der Waals surface area contributed by atoms with Crippen molar-refractivity contribution >= 4 is 5.87 Å². The van der Waals surface area contributed by atoms with Crippen LogP contribution in [0.25, 0.3) is 0 Å². The standard InChI is InChI=1S/C6H8N2O/c7-3-6-8(9)4-1-2-5-8/h1,4,6-7H,2,5H2. The third-order valence-electron chi connectivity index (χ3n) is 1.29. The first kappa shape index (κ1) is 6.23. The molecular formula is C6H8N2O. The molecule has 0 bridgehead atoms. The minimum absolute atomic E-state index is 0.510. The van der Waals surface area contributed by atoms with E-state index in [2.05, 4.69) is 0 Å². The van der Waals surface area contributed by atoms with Gasteiger partial charge in [-0.2, -0.15) is 0 Å². The maximum Gasteiger partial charge on any atom is 0.162 e. The van der Waals surface area contributed by atoms with Gasteiger partial charge in [-0.1, -0.05) is 0 Å². The lowest BCUT2D eigenvalue weighted by molar-refractivity contribution is -0.766. The highest BCUT2D eigenvalue weighted by Crippen LogP contribution is 2.14. The SMILES string of the molecule is N=C=C[N+]1([O-])C=CCC1. The van der Waals surface area contributed by atoms with Crippen LogP contribution in [0.15, 0.2) is 18.5 Å². The summed E-state index contributed by atoms with van der Waals surface area (Å²) in [5.41, 5.74) is 0. The van der Waals surface area contributed by atoms with Crippen LogP contribution in [0.4, 0.5) is 0 Å². The molecule has 1 aliphatic heterocycles. The van der Waals surface area contributed by atoms with E-state index in [1.54, 1.807) is 0 Å². The lowest BCUT2D eigenvalue weighted by Gasteiger charge is -2.29. The smallest absolute Gasteiger partial charge is 0.162 e. The summed E-state index contributed by atoms with van der Waals surface area (Å²) in [4.78, 5) is 0.